The summed E-state index contributed by atoms with van der Waals surface area (Å²) in [6.45, 7) is 0.326. The molecule has 142 valence electrons. The van der Waals surface area contributed by atoms with Gasteiger partial charge in [-0.3, -0.25) is 9.55 Å². The number of aromatic nitrogens is 3. The molecule has 1 aromatic carbocycles. The van der Waals surface area contributed by atoms with Crippen molar-refractivity contribution >= 4 is 11.7 Å². The Balaban J connectivity index is 1.78. The van der Waals surface area contributed by atoms with Crippen molar-refractivity contribution in [1.82, 2.24) is 19.5 Å². The number of nitrogens with zero attached hydrogens (tertiary/aromatic N) is 5. The third-order valence-corrected chi connectivity index (χ3v) is 4.55. The van der Waals surface area contributed by atoms with Gasteiger partial charge >= 0.3 is 6.03 Å². The first-order valence-electron chi connectivity index (χ1n) is 8.71. The van der Waals surface area contributed by atoms with E-state index in [2.05, 4.69) is 15.1 Å². The zero-order chi connectivity index (χ0) is 19.5. The van der Waals surface area contributed by atoms with Gasteiger partial charge in [0.05, 0.1) is 26.5 Å². The van der Waals surface area contributed by atoms with Crippen LogP contribution in [-0.2, 0) is 13.0 Å². The number of pyridine rings is 1. The van der Waals surface area contributed by atoms with E-state index in [4.69, 9.17) is 9.47 Å². The summed E-state index contributed by atoms with van der Waals surface area (Å²) in [5.74, 6) is 1.24. The Hall–Kier alpha value is -3.68. The summed E-state index contributed by atoms with van der Waals surface area (Å²) in [6.07, 6.45) is 8.66. The lowest BCUT2D eigenvalue weighted by Crippen LogP contribution is -2.34. The van der Waals surface area contributed by atoms with E-state index in [9.17, 15) is 4.79 Å². The maximum absolute atomic E-state index is 12.8. The van der Waals surface area contributed by atoms with Gasteiger partial charge in [0, 0.05) is 36.8 Å². The highest BCUT2D eigenvalue weighted by molar-refractivity contribution is 6.05. The molecule has 0 atom stereocenters. The molecule has 1 aliphatic rings. The van der Waals surface area contributed by atoms with E-state index in [0.717, 1.165) is 22.4 Å². The quantitative estimate of drug-likeness (QED) is 0.698. The minimum Gasteiger partial charge on any atom is -0.493 e. The molecule has 0 saturated heterocycles. The van der Waals surface area contributed by atoms with Gasteiger partial charge in [-0.2, -0.15) is 5.10 Å². The van der Waals surface area contributed by atoms with E-state index in [1.807, 2.05) is 24.3 Å². The number of methoxy groups -OCH3 is 2. The molecule has 0 saturated carbocycles. The minimum atomic E-state index is -0.273. The summed E-state index contributed by atoms with van der Waals surface area (Å²) >= 11 is 0. The van der Waals surface area contributed by atoms with Crippen LogP contribution in [0.3, 0.4) is 0 Å². The second kappa shape index (κ2) is 7.51. The van der Waals surface area contributed by atoms with Crippen molar-refractivity contribution in [2.24, 2.45) is 5.10 Å². The van der Waals surface area contributed by atoms with Crippen molar-refractivity contribution in [1.29, 1.82) is 0 Å². The first kappa shape index (κ1) is 17.7. The molecule has 0 bridgehead atoms. The van der Waals surface area contributed by atoms with Gasteiger partial charge in [-0.15, -0.1) is 0 Å². The van der Waals surface area contributed by atoms with Gasteiger partial charge in [0.25, 0.3) is 0 Å². The lowest BCUT2D eigenvalue weighted by atomic mass is 9.96. The van der Waals surface area contributed by atoms with Gasteiger partial charge in [-0.05, 0) is 35.4 Å². The van der Waals surface area contributed by atoms with E-state index in [0.29, 0.717) is 24.5 Å². The molecule has 8 heteroatoms. The van der Waals surface area contributed by atoms with E-state index < -0.39 is 0 Å². The van der Waals surface area contributed by atoms with E-state index in [1.165, 1.54) is 15.9 Å². The van der Waals surface area contributed by atoms with Gasteiger partial charge < -0.3 is 9.47 Å². The molecule has 1 amide bonds. The Kier molecular flexibility index (Phi) is 4.76. The number of carbonyl (C=O) groups excluding carboxylic acids is 1. The number of carbonyl (C=O) groups is 1. The van der Waals surface area contributed by atoms with Crippen molar-refractivity contribution < 1.29 is 14.3 Å². The van der Waals surface area contributed by atoms with Crippen molar-refractivity contribution in [2.45, 2.75) is 13.0 Å². The van der Waals surface area contributed by atoms with Gasteiger partial charge in [-0.1, -0.05) is 0 Å². The van der Waals surface area contributed by atoms with Crippen molar-refractivity contribution in [3.63, 3.8) is 0 Å². The molecular formula is C20H19N5O3. The van der Waals surface area contributed by atoms with Crippen LogP contribution in [0.5, 0.6) is 11.5 Å². The minimum absolute atomic E-state index is 0.273. The second-order valence-electron chi connectivity index (χ2n) is 6.25. The number of amides is 1. The average Bonchev–Trinajstić information content (AvgIpc) is 3.27. The van der Waals surface area contributed by atoms with E-state index in [-0.39, 0.29) is 6.03 Å². The molecule has 0 fully saturated rings. The van der Waals surface area contributed by atoms with Crippen LogP contribution in [-0.4, -0.2) is 45.5 Å². The summed E-state index contributed by atoms with van der Waals surface area (Å²) in [5, 5.41) is 6.08. The van der Waals surface area contributed by atoms with Gasteiger partial charge in [0.1, 0.15) is 6.33 Å². The highest BCUT2D eigenvalue weighted by Crippen LogP contribution is 2.34. The Bertz CT molecular complexity index is 1020. The predicted molar refractivity (Wildman–Crippen MR) is 103 cm³/mol. The number of benzene rings is 1. The number of imidazole rings is 1. The largest absolute Gasteiger partial charge is 0.493 e. The molecule has 0 unspecified atom stereocenters. The number of rotatable bonds is 4. The summed E-state index contributed by atoms with van der Waals surface area (Å²) in [5.41, 5.74) is 3.68. The maximum Gasteiger partial charge on any atom is 0.350 e. The second-order valence-corrected chi connectivity index (χ2v) is 6.25. The summed E-state index contributed by atoms with van der Waals surface area (Å²) in [6, 6.07) is 7.39. The molecule has 0 spiro atoms. The number of hydrogen-bond donors (Lipinski definition) is 0. The summed E-state index contributed by atoms with van der Waals surface area (Å²) in [7, 11) is 3.19. The Labute approximate surface area is 162 Å². The first-order valence-corrected chi connectivity index (χ1v) is 8.71. The first-order chi connectivity index (χ1) is 13.7. The molecule has 8 nitrogen and oxygen atoms in total. The summed E-state index contributed by atoms with van der Waals surface area (Å²) < 4.78 is 12.3. The van der Waals surface area contributed by atoms with Crippen LogP contribution in [0.25, 0.3) is 0 Å². The normalized spacial score (nSPS) is 12.9. The van der Waals surface area contributed by atoms with Crippen LogP contribution in [0.2, 0.25) is 0 Å². The predicted octanol–water partition coefficient (Wildman–Crippen LogP) is 2.73. The van der Waals surface area contributed by atoms with Crippen molar-refractivity contribution in [3.8, 4) is 11.5 Å². The molecule has 3 heterocycles. The number of hydrogen-bond acceptors (Lipinski definition) is 6. The number of fused-ring (bicyclic) bond motifs is 1. The molecule has 28 heavy (non-hydrogen) atoms. The topological polar surface area (TPSA) is 81.8 Å². The summed E-state index contributed by atoms with van der Waals surface area (Å²) in [4.78, 5) is 20.8. The molecule has 3 aromatic rings. The van der Waals surface area contributed by atoms with Gasteiger partial charge in [-0.25, -0.2) is 14.8 Å². The van der Waals surface area contributed by atoms with E-state index >= 15 is 0 Å². The molecule has 2 aromatic heterocycles. The fourth-order valence-corrected chi connectivity index (χ4v) is 3.16. The van der Waals surface area contributed by atoms with Gasteiger partial charge in [0.15, 0.2) is 11.5 Å². The molecule has 0 aliphatic carbocycles. The SMILES string of the molecule is COc1cc2c(cc1OC)C(Cc1ccncc1)=NN(C(=O)n1ccnc1)C2. The third kappa shape index (κ3) is 3.32. The van der Waals surface area contributed by atoms with Crippen molar-refractivity contribution in [2.75, 3.05) is 14.2 Å². The van der Waals surface area contributed by atoms with Crippen LogP contribution in [0, 0.1) is 0 Å². The Morgan fingerprint density at radius 2 is 1.82 bits per heavy atom. The molecule has 0 N–H and O–H groups in total. The smallest absolute Gasteiger partial charge is 0.350 e. The maximum atomic E-state index is 12.8. The third-order valence-electron chi connectivity index (χ3n) is 4.55. The lowest BCUT2D eigenvalue weighted by Gasteiger charge is -2.27. The highest BCUT2D eigenvalue weighted by Gasteiger charge is 2.26. The molecule has 1 aliphatic heterocycles. The Morgan fingerprint density at radius 1 is 1.07 bits per heavy atom. The zero-order valence-corrected chi connectivity index (χ0v) is 15.6. The zero-order valence-electron chi connectivity index (χ0n) is 15.6. The van der Waals surface area contributed by atoms with Crippen LogP contribution in [0.4, 0.5) is 4.79 Å². The van der Waals surface area contributed by atoms with Gasteiger partial charge in [0.2, 0.25) is 0 Å². The molecule has 4 rings (SSSR count). The number of ether oxygens (including phenoxy) is 2. The molecular weight excluding hydrogens is 358 g/mol. The van der Waals surface area contributed by atoms with E-state index in [1.54, 1.807) is 39.0 Å². The van der Waals surface area contributed by atoms with Crippen LogP contribution in [0.15, 0.2) is 60.5 Å². The van der Waals surface area contributed by atoms with Crippen molar-refractivity contribution in [3.05, 3.63) is 72.1 Å². The Morgan fingerprint density at radius 3 is 2.50 bits per heavy atom. The van der Waals surface area contributed by atoms with Crippen LogP contribution in [0.1, 0.15) is 16.7 Å². The molecule has 0 radical (unpaired) electrons. The number of hydrazone groups is 1. The standard InChI is InChI=1S/C20H19N5O3/c1-27-18-10-15-12-25(20(26)24-8-7-22-13-24)23-17(16(15)11-19(18)28-2)9-14-3-5-21-6-4-14/h3-8,10-11,13H,9,12H2,1-2H3. The highest BCUT2D eigenvalue weighted by atomic mass is 16.5. The average molecular weight is 377 g/mol. The monoisotopic (exact) mass is 377 g/mol. The fourth-order valence-electron chi connectivity index (χ4n) is 3.16. The van der Waals surface area contributed by atoms with Crippen LogP contribution >= 0.6 is 0 Å². The fraction of sp³-hybridized carbons (Fsp3) is 0.200. The lowest BCUT2D eigenvalue weighted by molar-refractivity contribution is 0.198. The van der Waals surface area contributed by atoms with Crippen LogP contribution < -0.4 is 9.47 Å².